The van der Waals surface area contributed by atoms with E-state index in [1.165, 1.54) is 14.0 Å². The summed E-state index contributed by atoms with van der Waals surface area (Å²) < 4.78 is 13.6. The summed E-state index contributed by atoms with van der Waals surface area (Å²) in [5, 5.41) is 0. The van der Waals surface area contributed by atoms with E-state index in [9.17, 15) is 9.59 Å². The Morgan fingerprint density at radius 2 is 2.00 bits per heavy atom. The van der Waals surface area contributed by atoms with E-state index in [1.807, 2.05) is 6.92 Å². The molecule has 0 aromatic heterocycles. The molecular weight excluding hydrogens is 188 g/mol. The summed E-state index contributed by atoms with van der Waals surface area (Å²) >= 11 is 0. The third-order valence-electron chi connectivity index (χ3n) is 1.51. The monoisotopic (exact) mass is 204 g/mol. The number of carbonyl (C=O) groups excluding carboxylic acids is 2. The van der Waals surface area contributed by atoms with E-state index in [2.05, 4.69) is 9.47 Å². The second-order valence-corrected chi connectivity index (χ2v) is 2.74. The predicted molar refractivity (Wildman–Crippen MR) is 48.8 cm³/mol. The lowest BCUT2D eigenvalue weighted by molar-refractivity contribution is -0.153. The highest BCUT2D eigenvalue weighted by Crippen LogP contribution is 1.98. The van der Waals surface area contributed by atoms with Crippen molar-refractivity contribution in [2.45, 2.75) is 32.8 Å². The SMILES string of the molecule is CCCCOC(=O)C(C)OC(=O)OC. The van der Waals surface area contributed by atoms with Crippen molar-refractivity contribution in [3.63, 3.8) is 0 Å². The van der Waals surface area contributed by atoms with Crippen molar-refractivity contribution < 1.29 is 23.8 Å². The van der Waals surface area contributed by atoms with Crippen molar-refractivity contribution in [3.8, 4) is 0 Å². The van der Waals surface area contributed by atoms with E-state index in [0.717, 1.165) is 12.8 Å². The first-order chi connectivity index (χ1) is 6.61. The first-order valence-corrected chi connectivity index (χ1v) is 4.53. The van der Waals surface area contributed by atoms with Crippen molar-refractivity contribution in [3.05, 3.63) is 0 Å². The highest BCUT2D eigenvalue weighted by Gasteiger charge is 2.18. The van der Waals surface area contributed by atoms with E-state index in [4.69, 9.17) is 4.74 Å². The van der Waals surface area contributed by atoms with E-state index in [-0.39, 0.29) is 0 Å². The van der Waals surface area contributed by atoms with Gasteiger partial charge in [-0.15, -0.1) is 0 Å². The van der Waals surface area contributed by atoms with Gasteiger partial charge in [0.25, 0.3) is 0 Å². The molecule has 1 atom stereocenters. The molecule has 0 saturated heterocycles. The first kappa shape index (κ1) is 12.7. The van der Waals surface area contributed by atoms with Crippen molar-refractivity contribution in [1.29, 1.82) is 0 Å². The molecule has 0 aliphatic carbocycles. The fourth-order valence-electron chi connectivity index (χ4n) is 0.675. The number of methoxy groups -OCH3 is 1. The number of hydrogen-bond donors (Lipinski definition) is 0. The van der Waals surface area contributed by atoms with Gasteiger partial charge in [0.05, 0.1) is 13.7 Å². The van der Waals surface area contributed by atoms with Crippen molar-refractivity contribution in [2.75, 3.05) is 13.7 Å². The maximum Gasteiger partial charge on any atom is 0.508 e. The zero-order valence-electron chi connectivity index (χ0n) is 8.74. The molecular formula is C9H16O5. The number of rotatable bonds is 5. The van der Waals surface area contributed by atoms with Gasteiger partial charge in [-0.25, -0.2) is 9.59 Å². The van der Waals surface area contributed by atoms with Crippen molar-refractivity contribution in [1.82, 2.24) is 0 Å². The third kappa shape index (κ3) is 5.40. The zero-order chi connectivity index (χ0) is 11.0. The molecule has 0 N–H and O–H groups in total. The Morgan fingerprint density at radius 1 is 1.36 bits per heavy atom. The van der Waals surface area contributed by atoms with Crippen molar-refractivity contribution in [2.24, 2.45) is 0 Å². The maximum absolute atomic E-state index is 11.1. The lowest BCUT2D eigenvalue weighted by atomic mass is 10.3. The van der Waals surface area contributed by atoms with Crippen LogP contribution in [0.3, 0.4) is 0 Å². The summed E-state index contributed by atoms with van der Waals surface area (Å²) in [6.07, 6.45) is -0.0554. The number of ether oxygens (including phenoxy) is 3. The van der Waals surface area contributed by atoms with E-state index in [0.29, 0.717) is 6.61 Å². The van der Waals surface area contributed by atoms with Crippen LogP contribution in [0.2, 0.25) is 0 Å². The molecule has 0 aliphatic rings. The Labute approximate surface area is 83.3 Å². The molecule has 0 fully saturated rings. The zero-order valence-corrected chi connectivity index (χ0v) is 8.74. The van der Waals surface area contributed by atoms with Gasteiger partial charge in [0.2, 0.25) is 0 Å². The van der Waals surface area contributed by atoms with Gasteiger partial charge in [0.15, 0.2) is 6.10 Å². The Morgan fingerprint density at radius 3 is 2.50 bits per heavy atom. The first-order valence-electron chi connectivity index (χ1n) is 4.53. The Bertz CT molecular complexity index is 190. The van der Waals surface area contributed by atoms with Crippen LogP contribution in [0.25, 0.3) is 0 Å². The number of hydrogen-bond acceptors (Lipinski definition) is 5. The number of carbonyl (C=O) groups is 2. The minimum atomic E-state index is -0.917. The van der Waals surface area contributed by atoms with Gasteiger partial charge in [-0.1, -0.05) is 13.3 Å². The van der Waals surface area contributed by atoms with E-state index < -0.39 is 18.2 Å². The highest BCUT2D eigenvalue weighted by atomic mass is 16.7. The normalized spacial score (nSPS) is 11.6. The Kier molecular flexibility index (Phi) is 6.53. The summed E-state index contributed by atoms with van der Waals surface area (Å²) in [6, 6.07) is 0. The maximum atomic E-state index is 11.1. The van der Waals surface area contributed by atoms with Crippen LogP contribution in [0.1, 0.15) is 26.7 Å². The van der Waals surface area contributed by atoms with Gasteiger partial charge in [0.1, 0.15) is 0 Å². The molecule has 0 rings (SSSR count). The minimum Gasteiger partial charge on any atom is -0.463 e. The number of esters is 1. The largest absolute Gasteiger partial charge is 0.508 e. The van der Waals surface area contributed by atoms with Gasteiger partial charge >= 0.3 is 12.1 Å². The van der Waals surface area contributed by atoms with Crippen LogP contribution in [-0.2, 0) is 19.0 Å². The van der Waals surface area contributed by atoms with Crippen LogP contribution in [-0.4, -0.2) is 31.9 Å². The van der Waals surface area contributed by atoms with Crippen LogP contribution in [0.5, 0.6) is 0 Å². The van der Waals surface area contributed by atoms with Crippen LogP contribution in [0.4, 0.5) is 4.79 Å². The molecule has 0 amide bonds. The highest BCUT2D eigenvalue weighted by molar-refractivity contribution is 5.76. The molecule has 0 aliphatic heterocycles. The second kappa shape index (κ2) is 7.17. The molecule has 5 heteroatoms. The molecule has 0 bridgehead atoms. The van der Waals surface area contributed by atoms with Gasteiger partial charge in [-0.05, 0) is 13.3 Å². The summed E-state index contributed by atoms with van der Waals surface area (Å²) in [4.78, 5) is 21.7. The Hall–Kier alpha value is -1.26. The second-order valence-electron chi connectivity index (χ2n) is 2.74. The lowest BCUT2D eigenvalue weighted by Gasteiger charge is -2.11. The lowest BCUT2D eigenvalue weighted by Crippen LogP contribution is -2.26. The van der Waals surface area contributed by atoms with Crippen LogP contribution in [0.15, 0.2) is 0 Å². The van der Waals surface area contributed by atoms with Gasteiger partial charge < -0.3 is 14.2 Å². The van der Waals surface area contributed by atoms with Crippen LogP contribution in [0, 0.1) is 0 Å². The fourth-order valence-corrected chi connectivity index (χ4v) is 0.675. The summed E-state index contributed by atoms with van der Waals surface area (Å²) in [6.45, 7) is 3.78. The Balaban J connectivity index is 3.70. The fraction of sp³-hybridized carbons (Fsp3) is 0.778. The minimum absolute atomic E-state index is 0.351. The molecule has 0 saturated carbocycles. The average Bonchev–Trinajstić information content (AvgIpc) is 2.17. The summed E-state index contributed by atoms with van der Waals surface area (Å²) in [7, 11) is 1.18. The van der Waals surface area contributed by atoms with Gasteiger partial charge in [-0.2, -0.15) is 0 Å². The average molecular weight is 204 g/mol. The van der Waals surface area contributed by atoms with Crippen molar-refractivity contribution >= 4 is 12.1 Å². The smallest absolute Gasteiger partial charge is 0.463 e. The van der Waals surface area contributed by atoms with E-state index >= 15 is 0 Å². The topological polar surface area (TPSA) is 61.8 Å². The molecule has 14 heavy (non-hydrogen) atoms. The molecule has 5 nitrogen and oxygen atoms in total. The summed E-state index contributed by atoms with van der Waals surface area (Å²) in [5.74, 6) is -0.552. The van der Waals surface area contributed by atoms with Gasteiger partial charge in [-0.3, -0.25) is 0 Å². The molecule has 0 radical (unpaired) electrons. The molecule has 0 aromatic rings. The molecule has 82 valence electrons. The van der Waals surface area contributed by atoms with Crippen LogP contribution >= 0.6 is 0 Å². The van der Waals surface area contributed by atoms with Crippen LogP contribution < -0.4 is 0 Å². The summed E-state index contributed by atoms with van der Waals surface area (Å²) in [5.41, 5.74) is 0. The molecule has 0 heterocycles. The van der Waals surface area contributed by atoms with Gasteiger partial charge in [0, 0.05) is 0 Å². The quantitative estimate of drug-likeness (QED) is 0.501. The molecule has 0 aromatic carbocycles. The standard InChI is InChI=1S/C9H16O5/c1-4-5-6-13-8(10)7(2)14-9(11)12-3/h7H,4-6H2,1-3H3. The third-order valence-corrected chi connectivity index (χ3v) is 1.51. The predicted octanol–water partition coefficient (Wildman–Crippen LogP) is 1.50. The molecule has 1 unspecified atom stereocenters. The molecule has 0 spiro atoms. The van der Waals surface area contributed by atoms with E-state index in [1.54, 1.807) is 0 Å². The number of unbranched alkanes of at least 4 members (excludes halogenated alkanes) is 1.